The molecule has 0 radical (unpaired) electrons. The molecule has 0 spiro atoms. The maximum Gasteiger partial charge on any atom is 0.150 e. The number of benzene rings is 2. The van der Waals surface area contributed by atoms with Gasteiger partial charge in [-0.1, -0.05) is 56.9 Å². The second-order valence-electron chi connectivity index (χ2n) is 5.12. The van der Waals surface area contributed by atoms with Crippen molar-refractivity contribution in [2.45, 2.75) is 39.0 Å². The summed E-state index contributed by atoms with van der Waals surface area (Å²) in [4.78, 5) is 10.9. The molecule has 20 heavy (non-hydrogen) atoms. The number of fused-ring (bicyclic) bond motifs is 1. The molecule has 0 aliphatic rings. The lowest BCUT2D eigenvalue weighted by molar-refractivity contribution is 0.112. The fourth-order valence-corrected chi connectivity index (χ4v) is 2.35. The van der Waals surface area contributed by atoms with Crippen LogP contribution in [0.15, 0.2) is 36.4 Å². The molecular weight excluding hydrogens is 248 g/mol. The lowest BCUT2D eigenvalue weighted by atomic mass is 10.1. The highest BCUT2D eigenvalue weighted by Gasteiger charge is 2.03. The second-order valence-corrected chi connectivity index (χ2v) is 5.12. The Morgan fingerprint density at radius 1 is 1.05 bits per heavy atom. The van der Waals surface area contributed by atoms with Gasteiger partial charge in [-0.3, -0.25) is 4.79 Å². The van der Waals surface area contributed by atoms with Crippen LogP contribution in [0.5, 0.6) is 5.75 Å². The first-order valence-corrected chi connectivity index (χ1v) is 7.46. The Hall–Kier alpha value is -1.83. The third-order valence-electron chi connectivity index (χ3n) is 3.51. The molecule has 2 heteroatoms. The SMILES string of the molecule is CCCCCCCOc1cccc2ccc(C=O)cc12. The summed E-state index contributed by atoms with van der Waals surface area (Å²) in [7, 11) is 0. The minimum absolute atomic E-state index is 0.691. The zero-order chi connectivity index (χ0) is 14.2. The maximum atomic E-state index is 10.9. The molecule has 0 bridgehead atoms. The van der Waals surface area contributed by atoms with Crippen molar-refractivity contribution in [3.05, 3.63) is 42.0 Å². The fourth-order valence-electron chi connectivity index (χ4n) is 2.35. The monoisotopic (exact) mass is 270 g/mol. The molecule has 0 saturated heterocycles. The number of unbranched alkanes of at least 4 members (excludes halogenated alkanes) is 4. The number of carbonyl (C=O) groups excluding carboxylic acids is 1. The molecule has 0 aliphatic carbocycles. The molecule has 0 N–H and O–H groups in total. The highest BCUT2D eigenvalue weighted by atomic mass is 16.5. The largest absolute Gasteiger partial charge is 0.493 e. The number of ether oxygens (including phenoxy) is 1. The first-order chi connectivity index (χ1) is 9.85. The van der Waals surface area contributed by atoms with Crippen molar-refractivity contribution in [3.63, 3.8) is 0 Å². The summed E-state index contributed by atoms with van der Waals surface area (Å²) in [5, 5.41) is 2.13. The molecular formula is C18H22O2. The summed E-state index contributed by atoms with van der Waals surface area (Å²) in [6, 6.07) is 11.7. The van der Waals surface area contributed by atoms with E-state index in [2.05, 4.69) is 6.92 Å². The van der Waals surface area contributed by atoms with Crippen LogP contribution < -0.4 is 4.74 Å². The summed E-state index contributed by atoms with van der Waals surface area (Å²) in [5.41, 5.74) is 0.691. The summed E-state index contributed by atoms with van der Waals surface area (Å²) in [6.45, 7) is 2.96. The Morgan fingerprint density at radius 2 is 1.90 bits per heavy atom. The van der Waals surface area contributed by atoms with Crippen LogP contribution in [-0.2, 0) is 0 Å². The van der Waals surface area contributed by atoms with E-state index in [-0.39, 0.29) is 0 Å². The van der Waals surface area contributed by atoms with E-state index in [9.17, 15) is 4.79 Å². The van der Waals surface area contributed by atoms with Crippen molar-refractivity contribution >= 4 is 17.1 Å². The van der Waals surface area contributed by atoms with Gasteiger partial charge in [-0.2, -0.15) is 0 Å². The van der Waals surface area contributed by atoms with E-state index in [0.717, 1.165) is 35.8 Å². The van der Waals surface area contributed by atoms with Crippen LogP contribution in [0.4, 0.5) is 0 Å². The van der Waals surface area contributed by atoms with Crippen molar-refractivity contribution in [1.82, 2.24) is 0 Å². The van der Waals surface area contributed by atoms with E-state index < -0.39 is 0 Å². The zero-order valence-electron chi connectivity index (χ0n) is 12.1. The van der Waals surface area contributed by atoms with Gasteiger partial charge in [0.2, 0.25) is 0 Å². The smallest absolute Gasteiger partial charge is 0.150 e. The van der Waals surface area contributed by atoms with Gasteiger partial charge in [0.1, 0.15) is 12.0 Å². The Kier molecular flexibility index (Phi) is 5.60. The van der Waals surface area contributed by atoms with Gasteiger partial charge in [0.25, 0.3) is 0 Å². The van der Waals surface area contributed by atoms with Gasteiger partial charge in [0.15, 0.2) is 0 Å². The lowest BCUT2D eigenvalue weighted by Gasteiger charge is -2.09. The molecule has 0 atom stereocenters. The van der Waals surface area contributed by atoms with E-state index in [4.69, 9.17) is 4.74 Å². The summed E-state index contributed by atoms with van der Waals surface area (Å²) in [5.74, 6) is 0.877. The molecule has 2 rings (SSSR count). The van der Waals surface area contributed by atoms with Gasteiger partial charge in [-0.15, -0.1) is 0 Å². The maximum absolute atomic E-state index is 10.9. The number of aldehydes is 1. The molecule has 0 saturated carbocycles. The van der Waals surface area contributed by atoms with Crippen LogP contribution in [0.2, 0.25) is 0 Å². The Labute approximate surface area is 120 Å². The van der Waals surface area contributed by atoms with Crippen molar-refractivity contribution in [2.24, 2.45) is 0 Å². The second kappa shape index (κ2) is 7.68. The number of rotatable bonds is 8. The van der Waals surface area contributed by atoms with Crippen LogP contribution in [0, 0.1) is 0 Å². The molecule has 2 nitrogen and oxygen atoms in total. The topological polar surface area (TPSA) is 26.3 Å². The minimum atomic E-state index is 0.691. The first kappa shape index (κ1) is 14.6. The Balaban J connectivity index is 2.00. The van der Waals surface area contributed by atoms with E-state index >= 15 is 0 Å². The van der Waals surface area contributed by atoms with Crippen molar-refractivity contribution < 1.29 is 9.53 Å². The van der Waals surface area contributed by atoms with Crippen molar-refractivity contribution in [2.75, 3.05) is 6.61 Å². The summed E-state index contributed by atoms with van der Waals surface area (Å²) in [6.07, 6.45) is 7.03. The minimum Gasteiger partial charge on any atom is -0.493 e. The van der Waals surface area contributed by atoms with Crippen LogP contribution in [-0.4, -0.2) is 12.9 Å². The quantitative estimate of drug-likeness (QED) is 0.498. The summed E-state index contributed by atoms with van der Waals surface area (Å²) >= 11 is 0. The van der Waals surface area contributed by atoms with Gasteiger partial charge in [0, 0.05) is 10.9 Å². The van der Waals surface area contributed by atoms with Crippen LogP contribution in [0.25, 0.3) is 10.8 Å². The predicted molar refractivity (Wildman–Crippen MR) is 83.6 cm³/mol. The standard InChI is InChI=1S/C18H22O2/c1-2-3-4-5-6-12-20-18-9-7-8-16-11-10-15(14-19)13-17(16)18/h7-11,13-14H,2-6,12H2,1H3. The van der Waals surface area contributed by atoms with E-state index in [0.29, 0.717) is 5.56 Å². The van der Waals surface area contributed by atoms with Crippen molar-refractivity contribution in [1.29, 1.82) is 0 Å². The zero-order valence-corrected chi connectivity index (χ0v) is 12.1. The number of carbonyl (C=O) groups is 1. The molecule has 2 aromatic carbocycles. The molecule has 0 aliphatic heterocycles. The Morgan fingerprint density at radius 3 is 2.70 bits per heavy atom. The predicted octanol–water partition coefficient (Wildman–Crippen LogP) is 5.00. The first-order valence-electron chi connectivity index (χ1n) is 7.46. The highest BCUT2D eigenvalue weighted by Crippen LogP contribution is 2.26. The van der Waals surface area contributed by atoms with Gasteiger partial charge in [-0.05, 0) is 23.9 Å². The fraction of sp³-hybridized carbons (Fsp3) is 0.389. The number of hydrogen-bond acceptors (Lipinski definition) is 2. The Bertz CT molecular complexity index is 560. The van der Waals surface area contributed by atoms with E-state index in [1.165, 1.54) is 25.7 Å². The third-order valence-corrected chi connectivity index (χ3v) is 3.51. The summed E-state index contributed by atoms with van der Waals surface area (Å²) < 4.78 is 5.88. The van der Waals surface area contributed by atoms with E-state index in [1.807, 2.05) is 36.4 Å². The lowest BCUT2D eigenvalue weighted by Crippen LogP contribution is -1.98. The molecule has 0 fully saturated rings. The average Bonchev–Trinajstić information content (AvgIpc) is 2.50. The molecule has 0 amide bonds. The normalized spacial score (nSPS) is 10.7. The molecule has 0 aromatic heterocycles. The van der Waals surface area contributed by atoms with Gasteiger partial charge < -0.3 is 4.74 Å². The van der Waals surface area contributed by atoms with Gasteiger partial charge >= 0.3 is 0 Å². The molecule has 2 aromatic rings. The third kappa shape index (κ3) is 3.83. The van der Waals surface area contributed by atoms with Crippen LogP contribution >= 0.6 is 0 Å². The van der Waals surface area contributed by atoms with E-state index in [1.54, 1.807) is 0 Å². The van der Waals surface area contributed by atoms with Crippen LogP contribution in [0.3, 0.4) is 0 Å². The molecule has 0 unspecified atom stereocenters. The van der Waals surface area contributed by atoms with Crippen molar-refractivity contribution in [3.8, 4) is 5.75 Å². The molecule has 0 heterocycles. The van der Waals surface area contributed by atoms with Gasteiger partial charge in [0.05, 0.1) is 6.61 Å². The van der Waals surface area contributed by atoms with Gasteiger partial charge in [-0.25, -0.2) is 0 Å². The number of hydrogen-bond donors (Lipinski definition) is 0. The molecule has 106 valence electrons. The average molecular weight is 270 g/mol. The highest BCUT2D eigenvalue weighted by molar-refractivity contribution is 5.92. The van der Waals surface area contributed by atoms with Crippen LogP contribution in [0.1, 0.15) is 49.4 Å².